The zero-order valence-corrected chi connectivity index (χ0v) is 21.9. The van der Waals surface area contributed by atoms with Crippen LogP contribution in [0.25, 0.3) is 0 Å². The van der Waals surface area contributed by atoms with Crippen LogP contribution >= 0.6 is 7.26 Å². The first-order valence-electron chi connectivity index (χ1n) is 11.5. The Labute approximate surface area is 211 Å². The molecule has 6 nitrogen and oxygen atoms in total. The van der Waals surface area contributed by atoms with Crippen molar-refractivity contribution in [3.63, 3.8) is 0 Å². The molecule has 0 spiro atoms. The summed E-state index contributed by atoms with van der Waals surface area (Å²) >= 11 is 0. The van der Waals surface area contributed by atoms with E-state index in [0.717, 1.165) is 19.3 Å². The number of carbonyl (C=O) groups is 1. The summed E-state index contributed by atoms with van der Waals surface area (Å²) in [5.74, 6) is -0.249. The molecule has 0 atom stereocenters. The van der Waals surface area contributed by atoms with Gasteiger partial charge in [0.25, 0.3) is 0 Å². The standard InChI is InChI=1S/C27H34N5OP.CH3/c1-31(19-18-30-26(33)22-32(2)27(28)29)20-21-34(23-12-6-3-7-13-23,24-14-8-4-9-15-24)25-16-10-5-11-17-25;/h3-17H,18-22H2,1-2H3,(H3-,28,29,30,33);1H3/q;-1/p+1. The molecule has 0 fully saturated rings. The van der Waals surface area contributed by atoms with Gasteiger partial charge in [0.2, 0.25) is 5.91 Å². The normalized spacial score (nSPS) is 10.9. The number of nitrogens with two attached hydrogens (primary N) is 1. The molecule has 186 valence electrons. The topological polar surface area (TPSA) is 85.5 Å². The molecule has 0 aliphatic heterocycles. The molecule has 0 heterocycles. The van der Waals surface area contributed by atoms with Gasteiger partial charge >= 0.3 is 0 Å². The van der Waals surface area contributed by atoms with Crippen LogP contribution in [0, 0.1) is 12.8 Å². The minimum Gasteiger partial charge on any atom is -0.370 e. The van der Waals surface area contributed by atoms with E-state index in [4.69, 9.17) is 11.1 Å². The van der Waals surface area contributed by atoms with Crippen molar-refractivity contribution in [2.24, 2.45) is 5.73 Å². The molecular formula is C28H38N5OP. The summed E-state index contributed by atoms with van der Waals surface area (Å²) in [5, 5.41) is 14.4. The first-order valence-corrected chi connectivity index (χ1v) is 13.5. The van der Waals surface area contributed by atoms with Crippen LogP contribution in [0.2, 0.25) is 0 Å². The zero-order chi connectivity index (χ0) is 24.4. The van der Waals surface area contributed by atoms with Crippen molar-refractivity contribution in [1.82, 2.24) is 15.1 Å². The van der Waals surface area contributed by atoms with E-state index in [0.29, 0.717) is 6.54 Å². The molecule has 0 radical (unpaired) electrons. The van der Waals surface area contributed by atoms with E-state index in [9.17, 15) is 4.79 Å². The Morgan fingerprint density at radius 2 is 1.26 bits per heavy atom. The lowest BCUT2D eigenvalue weighted by atomic mass is 10.4. The molecule has 35 heavy (non-hydrogen) atoms. The van der Waals surface area contributed by atoms with Crippen LogP contribution in [0.15, 0.2) is 91.0 Å². The van der Waals surface area contributed by atoms with E-state index in [2.05, 4.69) is 108 Å². The average molecular weight is 492 g/mol. The van der Waals surface area contributed by atoms with Gasteiger partial charge in [0.05, 0.1) is 12.7 Å². The summed E-state index contributed by atoms with van der Waals surface area (Å²) in [7, 11) is 1.87. The van der Waals surface area contributed by atoms with Gasteiger partial charge in [-0.2, -0.15) is 0 Å². The minimum atomic E-state index is -1.86. The number of rotatable bonds is 11. The van der Waals surface area contributed by atoms with Crippen LogP contribution < -0.4 is 27.0 Å². The maximum Gasteiger partial charge on any atom is 0.239 e. The fourth-order valence-corrected chi connectivity index (χ4v) is 8.41. The number of benzene rings is 3. The fraction of sp³-hybridized carbons (Fsp3) is 0.250. The van der Waals surface area contributed by atoms with Gasteiger partial charge in [-0.25, -0.2) is 0 Å². The van der Waals surface area contributed by atoms with Crippen LogP contribution in [0.3, 0.4) is 0 Å². The Kier molecular flexibility index (Phi) is 10.9. The van der Waals surface area contributed by atoms with Gasteiger partial charge in [-0.1, -0.05) is 54.6 Å². The van der Waals surface area contributed by atoms with Crippen LogP contribution in [-0.4, -0.2) is 68.1 Å². The maximum absolute atomic E-state index is 12.1. The summed E-state index contributed by atoms with van der Waals surface area (Å²) in [6, 6.07) is 32.6. The van der Waals surface area contributed by atoms with Crippen LogP contribution in [0.4, 0.5) is 0 Å². The SMILES string of the molecule is CN(CCNC(=O)CN(C)C(=N)N)CC[P+](c1ccccc1)(c1ccccc1)c1ccccc1.[CH3-]. The Hall–Kier alpha value is -3.21. The molecule has 3 aromatic rings. The summed E-state index contributed by atoms with van der Waals surface area (Å²) in [4.78, 5) is 15.8. The van der Waals surface area contributed by atoms with Crippen molar-refractivity contribution < 1.29 is 4.79 Å². The van der Waals surface area contributed by atoms with Crippen molar-refractivity contribution in [3.8, 4) is 0 Å². The van der Waals surface area contributed by atoms with Crippen LogP contribution in [-0.2, 0) is 4.79 Å². The Bertz CT molecular complexity index is 950. The van der Waals surface area contributed by atoms with Crippen molar-refractivity contribution in [2.75, 3.05) is 46.4 Å². The number of guanidine groups is 1. The van der Waals surface area contributed by atoms with Gasteiger partial charge < -0.3 is 28.3 Å². The third-order valence-corrected chi connectivity index (χ3v) is 10.4. The first kappa shape index (κ1) is 28.0. The predicted molar refractivity (Wildman–Crippen MR) is 151 cm³/mol. The number of nitrogens with one attached hydrogen (secondary N) is 2. The van der Waals surface area contributed by atoms with E-state index >= 15 is 0 Å². The van der Waals surface area contributed by atoms with Gasteiger partial charge in [0, 0.05) is 26.7 Å². The van der Waals surface area contributed by atoms with Crippen molar-refractivity contribution in [2.45, 2.75) is 0 Å². The molecule has 0 saturated heterocycles. The van der Waals surface area contributed by atoms with Gasteiger partial charge in [0.1, 0.15) is 23.2 Å². The van der Waals surface area contributed by atoms with Gasteiger partial charge in [-0.15, -0.1) is 0 Å². The number of likely N-dealkylation sites (N-methyl/N-ethyl adjacent to an activating group) is 2. The third-order valence-electron chi connectivity index (χ3n) is 6.02. The molecular weight excluding hydrogens is 453 g/mol. The number of amides is 1. The number of hydrogen-bond acceptors (Lipinski definition) is 3. The zero-order valence-electron chi connectivity index (χ0n) is 21.0. The monoisotopic (exact) mass is 491 g/mol. The minimum absolute atomic E-state index is 0. The second kappa shape index (κ2) is 13.6. The summed E-state index contributed by atoms with van der Waals surface area (Å²) in [6.45, 7) is 2.28. The number of carbonyl (C=O) groups excluding carboxylic acids is 1. The summed E-state index contributed by atoms with van der Waals surface area (Å²) in [6.07, 6.45) is 1.00. The second-order valence-electron chi connectivity index (χ2n) is 8.43. The Morgan fingerprint density at radius 3 is 1.66 bits per heavy atom. The van der Waals surface area contributed by atoms with Gasteiger partial charge in [0.15, 0.2) is 5.96 Å². The van der Waals surface area contributed by atoms with Crippen molar-refractivity contribution in [1.29, 1.82) is 5.41 Å². The third kappa shape index (κ3) is 7.38. The highest BCUT2D eigenvalue weighted by Crippen LogP contribution is 2.55. The summed E-state index contributed by atoms with van der Waals surface area (Å²) in [5.41, 5.74) is 5.41. The van der Waals surface area contributed by atoms with E-state index in [1.807, 2.05) is 0 Å². The maximum atomic E-state index is 12.1. The van der Waals surface area contributed by atoms with E-state index < -0.39 is 7.26 Å². The average Bonchev–Trinajstić information content (AvgIpc) is 2.86. The van der Waals surface area contributed by atoms with E-state index in [1.165, 1.54) is 20.8 Å². The molecule has 1 amide bonds. The molecule has 0 aliphatic rings. The summed E-state index contributed by atoms with van der Waals surface area (Å²) < 4.78 is 0. The van der Waals surface area contributed by atoms with Gasteiger partial charge in [-0.3, -0.25) is 10.2 Å². The molecule has 0 aliphatic carbocycles. The molecule has 7 heteroatoms. The molecule has 0 aromatic heterocycles. The quantitative estimate of drug-likeness (QED) is 0.166. The van der Waals surface area contributed by atoms with Crippen molar-refractivity contribution in [3.05, 3.63) is 98.4 Å². The Balaban J connectivity index is 0.00000432. The molecule has 0 saturated carbocycles. The highest BCUT2D eigenvalue weighted by molar-refractivity contribution is 7.95. The van der Waals surface area contributed by atoms with Crippen LogP contribution in [0.1, 0.15) is 0 Å². The predicted octanol–water partition coefficient (Wildman–Crippen LogP) is 2.30. The van der Waals surface area contributed by atoms with E-state index in [-0.39, 0.29) is 25.8 Å². The van der Waals surface area contributed by atoms with E-state index in [1.54, 1.807) is 7.05 Å². The largest absolute Gasteiger partial charge is 0.370 e. The number of nitrogens with zero attached hydrogens (tertiary/aromatic N) is 2. The Morgan fingerprint density at radius 1 is 0.829 bits per heavy atom. The first-order chi connectivity index (χ1) is 16.4. The lowest BCUT2D eigenvalue weighted by Crippen LogP contribution is -2.43. The lowest BCUT2D eigenvalue weighted by Gasteiger charge is -2.29. The fourth-order valence-electron chi connectivity index (χ4n) is 4.06. The van der Waals surface area contributed by atoms with Gasteiger partial charge in [-0.05, 0) is 43.4 Å². The van der Waals surface area contributed by atoms with Crippen LogP contribution in [0.5, 0.6) is 0 Å². The molecule has 4 N–H and O–H groups in total. The highest BCUT2D eigenvalue weighted by Gasteiger charge is 2.44. The number of hydrogen-bond donors (Lipinski definition) is 3. The molecule has 3 rings (SSSR count). The molecule has 0 bridgehead atoms. The molecule has 0 unspecified atom stereocenters. The smallest absolute Gasteiger partial charge is 0.239 e. The lowest BCUT2D eigenvalue weighted by molar-refractivity contribution is -0.121. The second-order valence-corrected chi connectivity index (χ2v) is 12.1. The highest BCUT2D eigenvalue weighted by atomic mass is 31.2. The molecule has 3 aromatic carbocycles. The van der Waals surface area contributed by atoms with Crippen molar-refractivity contribution >= 4 is 35.0 Å².